The summed E-state index contributed by atoms with van der Waals surface area (Å²) in [4.78, 5) is 23.7. The van der Waals surface area contributed by atoms with Crippen molar-refractivity contribution < 1.29 is 14.0 Å². The van der Waals surface area contributed by atoms with E-state index in [0.29, 0.717) is 11.3 Å². The van der Waals surface area contributed by atoms with Crippen LogP contribution in [0, 0.1) is 5.82 Å². The molecule has 4 N–H and O–H groups in total. The molecule has 2 rings (SSSR count). The van der Waals surface area contributed by atoms with Crippen molar-refractivity contribution >= 4 is 23.2 Å². The smallest absolute Gasteiger partial charge is 0.255 e. The molecule has 0 aliphatic rings. The van der Waals surface area contributed by atoms with E-state index in [1.165, 1.54) is 12.1 Å². The van der Waals surface area contributed by atoms with Gasteiger partial charge in [-0.05, 0) is 30.3 Å². The van der Waals surface area contributed by atoms with Crippen LogP contribution >= 0.6 is 0 Å². The highest BCUT2D eigenvalue weighted by molar-refractivity contribution is 6.07. The molecule has 0 radical (unpaired) electrons. The second kappa shape index (κ2) is 7.33. The van der Waals surface area contributed by atoms with E-state index in [1.807, 2.05) is 0 Å². The molecule has 5 nitrogen and oxygen atoms in total. The van der Waals surface area contributed by atoms with E-state index in [0.717, 1.165) is 6.07 Å². The third-order valence-electron chi connectivity index (χ3n) is 2.91. The Morgan fingerprint density at radius 3 is 2.41 bits per heavy atom. The number of rotatable bonds is 5. The molecule has 6 heteroatoms. The van der Waals surface area contributed by atoms with Crippen LogP contribution in [0.15, 0.2) is 48.5 Å². The van der Waals surface area contributed by atoms with E-state index < -0.39 is 5.82 Å². The molecule has 0 saturated heterocycles. The maximum Gasteiger partial charge on any atom is 0.255 e. The first-order valence-electron chi connectivity index (χ1n) is 6.76. The van der Waals surface area contributed by atoms with Crippen molar-refractivity contribution in [1.29, 1.82) is 0 Å². The topological polar surface area (TPSA) is 84.2 Å². The first-order chi connectivity index (χ1) is 10.6. The van der Waals surface area contributed by atoms with Crippen LogP contribution in [-0.2, 0) is 4.79 Å². The molecule has 0 spiro atoms. The van der Waals surface area contributed by atoms with Gasteiger partial charge in [0.1, 0.15) is 5.82 Å². The van der Waals surface area contributed by atoms with Crippen LogP contribution < -0.4 is 16.4 Å². The number of amides is 2. The number of hydrogen-bond acceptors (Lipinski definition) is 3. The Bertz CT molecular complexity index is 674. The lowest BCUT2D eigenvalue weighted by Crippen LogP contribution is -2.19. The normalized spacial score (nSPS) is 10.1. The molecule has 2 amide bonds. The van der Waals surface area contributed by atoms with E-state index in [4.69, 9.17) is 5.73 Å². The number of carbonyl (C=O) groups excluding carboxylic acids is 2. The van der Waals surface area contributed by atoms with Gasteiger partial charge in [0.25, 0.3) is 5.91 Å². The van der Waals surface area contributed by atoms with Gasteiger partial charge in [-0.2, -0.15) is 0 Å². The van der Waals surface area contributed by atoms with E-state index in [-0.39, 0.29) is 30.5 Å². The summed E-state index contributed by atoms with van der Waals surface area (Å²) in [5, 5.41) is 5.19. The van der Waals surface area contributed by atoms with Crippen LogP contribution in [-0.4, -0.2) is 18.4 Å². The van der Waals surface area contributed by atoms with E-state index >= 15 is 0 Å². The minimum absolute atomic E-state index is 0.114. The molecule has 0 unspecified atom stereocenters. The van der Waals surface area contributed by atoms with Crippen LogP contribution in [0.2, 0.25) is 0 Å². The lowest BCUT2D eigenvalue weighted by molar-refractivity contribution is -0.116. The first-order valence-corrected chi connectivity index (χ1v) is 6.76. The van der Waals surface area contributed by atoms with Gasteiger partial charge in [0.2, 0.25) is 5.91 Å². The van der Waals surface area contributed by atoms with Crippen molar-refractivity contribution in [2.24, 2.45) is 5.73 Å². The average molecular weight is 301 g/mol. The zero-order valence-corrected chi connectivity index (χ0v) is 11.8. The van der Waals surface area contributed by atoms with Crippen molar-refractivity contribution in [3.05, 3.63) is 59.9 Å². The second-order valence-corrected chi connectivity index (χ2v) is 4.60. The minimum Gasteiger partial charge on any atom is -0.330 e. The maximum atomic E-state index is 13.4. The van der Waals surface area contributed by atoms with Crippen molar-refractivity contribution in [1.82, 2.24) is 0 Å². The Labute approximate surface area is 127 Å². The fourth-order valence-corrected chi connectivity index (χ4v) is 1.86. The van der Waals surface area contributed by atoms with E-state index in [2.05, 4.69) is 10.6 Å². The zero-order chi connectivity index (χ0) is 15.9. The molecule has 0 bridgehead atoms. The lowest BCUT2D eigenvalue weighted by Gasteiger charge is -2.12. The lowest BCUT2D eigenvalue weighted by atomic mass is 10.2. The largest absolute Gasteiger partial charge is 0.330 e. The fourth-order valence-electron chi connectivity index (χ4n) is 1.86. The summed E-state index contributed by atoms with van der Waals surface area (Å²) in [6, 6.07) is 12.3. The Hall–Kier alpha value is -2.73. The molecule has 0 saturated carbocycles. The number of benzene rings is 2. The molecular formula is C16H16FN3O2. The third-order valence-corrected chi connectivity index (χ3v) is 2.91. The van der Waals surface area contributed by atoms with Crippen molar-refractivity contribution in [3.8, 4) is 0 Å². The third kappa shape index (κ3) is 4.13. The van der Waals surface area contributed by atoms with Gasteiger partial charge in [0, 0.05) is 18.5 Å². The molecule has 0 aliphatic heterocycles. The predicted octanol–water partition coefficient (Wildman–Crippen LogP) is 2.37. The minimum atomic E-state index is -0.513. The second-order valence-electron chi connectivity index (χ2n) is 4.60. The summed E-state index contributed by atoms with van der Waals surface area (Å²) < 4.78 is 13.4. The van der Waals surface area contributed by atoms with Crippen LogP contribution in [0.25, 0.3) is 0 Å². The number of anilines is 2. The highest BCUT2D eigenvalue weighted by Gasteiger charge is 2.11. The Kier molecular flexibility index (Phi) is 5.21. The summed E-state index contributed by atoms with van der Waals surface area (Å²) in [6.45, 7) is 0.187. The van der Waals surface area contributed by atoms with E-state index in [1.54, 1.807) is 30.3 Å². The number of nitrogens with two attached hydrogens (primary N) is 1. The molecule has 0 heterocycles. The molecule has 0 atom stereocenters. The number of carbonyl (C=O) groups is 2. The number of nitrogens with one attached hydrogen (secondary N) is 2. The fraction of sp³-hybridized carbons (Fsp3) is 0.125. The van der Waals surface area contributed by atoms with Gasteiger partial charge in [0.05, 0.1) is 11.4 Å². The van der Waals surface area contributed by atoms with Crippen LogP contribution in [0.3, 0.4) is 0 Å². The Morgan fingerprint density at radius 2 is 1.73 bits per heavy atom. The molecular weight excluding hydrogens is 285 g/mol. The van der Waals surface area contributed by atoms with Gasteiger partial charge in [-0.1, -0.05) is 18.2 Å². The number of hydrogen-bond donors (Lipinski definition) is 3. The monoisotopic (exact) mass is 301 g/mol. The van der Waals surface area contributed by atoms with Gasteiger partial charge in [-0.25, -0.2) is 4.39 Å². The molecule has 2 aromatic carbocycles. The quantitative estimate of drug-likeness (QED) is 0.792. The van der Waals surface area contributed by atoms with Crippen LogP contribution in [0.5, 0.6) is 0 Å². The van der Waals surface area contributed by atoms with Gasteiger partial charge in [-0.3, -0.25) is 9.59 Å². The summed E-state index contributed by atoms with van der Waals surface area (Å²) in [5.41, 5.74) is 6.28. The van der Waals surface area contributed by atoms with Gasteiger partial charge >= 0.3 is 0 Å². The molecule has 2 aromatic rings. The molecule has 114 valence electrons. The maximum absolute atomic E-state index is 13.4. The Balaban J connectivity index is 2.19. The molecule has 0 fully saturated rings. The first kappa shape index (κ1) is 15.7. The van der Waals surface area contributed by atoms with Crippen LogP contribution in [0.4, 0.5) is 15.8 Å². The van der Waals surface area contributed by atoms with Gasteiger partial charge in [-0.15, -0.1) is 0 Å². The summed E-state index contributed by atoms with van der Waals surface area (Å²) >= 11 is 0. The zero-order valence-electron chi connectivity index (χ0n) is 11.8. The summed E-state index contributed by atoms with van der Waals surface area (Å²) in [6.07, 6.45) is 0.114. The van der Waals surface area contributed by atoms with Crippen molar-refractivity contribution in [3.63, 3.8) is 0 Å². The standard InChI is InChI=1S/C16H16FN3O2/c17-12-6-7-13(14(10-12)19-15(21)8-9-18)20-16(22)11-4-2-1-3-5-11/h1-7,10H,8-9,18H2,(H,19,21)(H,20,22). The summed E-state index contributed by atoms with van der Waals surface area (Å²) in [5.74, 6) is -1.20. The van der Waals surface area contributed by atoms with Gasteiger partial charge in [0.15, 0.2) is 0 Å². The van der Waals surface area contributed by atoms with Crippen molar-refractivity contribution in [2.45, 2.75) is 6.42 Å². The molecule has 22 heavy (non-hydrogen) atoms. The predicted molar refractivity (Wildman–Crippen MR) is 83.1 cm³/mol. The number of halogens is 1. The average Bonchev–Trinajstić information content (AvgIpc) is 2.51. The van der Waals surface area contributed by atoms with E-state index in [9.17, 15) is 14.0 Å². The van der Waals surface area contributed by atoms with Crippen LogP contribution in [0.1, 0.15) is 16.8 Å². The summed E-state index contributed by atoms with van der Waals surface area (Å²) in [7, 11) is 0. The molecule has 0 aromatic heterocycles. The molecule has 0 aliphatic carbocycles. The Morgan fingerprint density at radius 1 is 1.00 bits per heavy atom. The SMILES string of the molecule is NCCC(=O)Nc1cc(F)ccc1NC(=O)c1ccccc1. The van der Waals surface area contributed by atoms with Gasteiger partial charge < -0.3 is 16.4 Å². The highest BCUT2D eigenvalue weighted by atomic mass is 19.1. The van der Waals surface area contributed by atoms with Crippen molar-refractivity contribution in [2.75, 3.05) is 17.2 Å². The highest BCUT2D eigenvalue weighted by Crippen LogP contribution is 2.23.